The molecule has 0 aromatic rings. The Labute approximate surface area is 86.4 Å². The average molecular weight is 206 g/mol. The molecule has 0 fully saturated rings. The zero-order valence-electron chi connectivity index (χ0n) is 8.77. The van der Waals surface area contributed by atoms with Crippen LogP contribution in [0.1, 0.15) is 33.1 Å². The van der Waals surface area contributed by atoms with Crippen LogP contribution in [0.4, 0.5) is 0 Å². The van der Waals surface area contributed by atoms with Crippen molar-refractivity contribution >= 4 is 17.5 Å². The van der Waals surface area contributed by atoms with Gasteiger partial charge >= 0.3 is 0 Å². The normalized spacial score (nSPS) is 9.23. The van der Waals surface area contributed by atoms with Crippen LogP contribution in [0.25, 0.3) is 0 Å². The minimum absolute atomic E-state index is 0.0532. The second kappa shape index (κ2) is 14.0. The summed E-state index contributed by atoms with van der Waals surface area (Å²) in [7, 11) is 1.60. The van der Waals surface area contributed by atoms with E-state index in [2.05, 4.69) is 12.2 Å². The number of rotatable bonds is 4. The van der Waals surface area contributed by atoms with Crippen molar-refractivity contribution < 1.29 is 4.79 Å². The number of unbranched alkanes of at least 4 members (excludes halogenated alkanes) is 2. The Kier molecular flexibility index (Phi) is 16.2. The van der Waals surface area contributed by atoms with E-state index in [0.29, 0.717) is 0 Å². The molecule has 0 aliphatic carbocycles. The summed E-state index contributed by atoms with van der Waals surface area (Å²) < 4.78 is 0. The molecule has 0 aromatic carbocycles. The molecule has 0 radical (unpaired) electrons. The molecule has 0 atom stereocenters. The van der Waals surface area contributed by atoms with Gasteiger partial charge in [0.05, 0.1) is 0 Å². The summed E-state index contributed by atoms with van der Waals surface area (Å²) in [4.78, 5) is 10.2. The van der Waals surface area contributed by atoms with Gasteiger partial charge in [0.25, 0.3) is 0 Å². The lowest BCUT2D eigenvalue weighted by atomic mass is 10.3. The summed E-state index contributed by atoms with van der Waals surface area (Å²) in [6.07, 6.45) is 6.90. The molecule has 0 heterocycles. The van der Waals surface area contributed by atoms with Gasteiger partial charge in [-0.2, -0.15) is 0 Å². The highest BCUT2D eigenvalue weighted by molar-refractivity contribution is 6.17. The van der Waals surface area contributed by atoms with E-state index < -0.39 is 0 Å². The molecule has 0 saturated heterocycles. The lowest BCUT2D eigenvalue weighted by Crippen LogP contribution is -2.13. The molecule has 1 amide bonds. The molecule has 0 bridgehead atoms. The van der Waals surface area contributed by atoms with Gasteiger partial charge < -0.3 is 5.32 Å². The van der Waals surface area contributed by atoms with Crippen molar-refractivity contribution in [3.05, 3.63) is 12.2 Å². The first-order chi connectivity index (χ1) is 6.22. The second-order valence-electron chi connectivity index (χ2n) is 2.51. The van der Waals surface area contributed by atoms with Crippen molar-refractivity contribution in [2.24, 2.45) is 0 Å². The summed E-state index contributed by atoms with van der Waals surface area (Å²) >= 11 is 5.38. The SMILES string of the molecule is C/C=C/C(=O)NC.CCCCCCl. The number of carbonyl (C=O) groups is 1. The molecule has 0 rings (SSSR count). The van der Waals surface area contributed by atoms with Gasteiger partial charge in [-0.1, -0.05) is 25.8 Å². The third-order valence-electron chi connectivity index (χ3n) is 1.30. The molecule has 3 heteroatoms. The molecule has 2 nitrogen and oxygen atoms in total. The number of alkyl halides is 1. The molecule has 13 heavy (non-hydrogen) atoms. The van der Waals surface area contributed by atoms with Crippen LogP contribution < -0.4 is 5.32 Å². The fourth-order valence-corrected chi connectivity index (χ4v) is 0.768. The molecule has 0 saturated carbocycles. The number of amides is 1. The van der Waals surface area contributed by atoms with Gasteiger partial charge in [-0.05, 0) is 19.4 Å². The number of nitrogens with one attached hydrogen (secondary N) is 1. The van der Waals surface area contributed by atoms with E-state index in [1.807, 2.05) is 0 Å². The highest BCUT2D eigenvalue weighted by atomic mass is 35.5. The lowest BCUT2D eigenvalue weighted by molar-refractivity contribution is -0.116. The highest BCUT2D eigenvalue weighted by Crippen LogP contribution is 1.93. The largest absolute Gasteiger partial charge is 0.356 e. The van der Waals surface area contributed by atoms with Crippen molar-refractivity contribution in [3.63, 3.8) is 0 Å². The van der Waals surface area contributed by atoms with Gasteiger partial charge in [0.15, 0.2) is 0 Å². The number of hydrogen-bond acceptors (Lipinski definition) is 1. The first kappa shape index (κ1) is 15.0. The summed E-state index contributed by atoms with van der Waals surface area (Å²) in [6, 6.07) is 0. The maximum absolute atomic E-state index is 10.2. The monoisotopic (exact) mass is 205 g/mol. The van der Waals surface area contributed by atoms with Crippen LogP contribution in [-0.2, 0) is 4.79 Å². The standard InChI is InChI=1S/C5H11Cl.C5H9NO/c1-2-3-4-5-6;1-3-4-5(7)6-2/h2-5H2,1H3;3-4H,1-2H3,(H,6,7)/b;4-3+. The number of halogens is 1. The Hall–Kier alpha value is -0.500. The Bertz CT molecular complexity index is 131. The molecule has 0 aliphatic rings. The topological polar surface area (TPSA) is 29.1 Å². The molecule has 1 N–H and O–H groups in total. The van der Waals surface area contributed by atoms with Crippen LogP contribution in [-0.4, -0.2) is 18.8 Å². The number of carbonyl (C=O) groups excluding carboxylic acids is 1. The fraction of sp³-hybridized carbons (Fsp3) is 0.700. The molecule has 0 spiro atoms. The number of allylic oxidation sites excluding steroid dienone is 1. The zero-order valence-corrected chi connectivity index (χ0v) is 9.53. The molecule has 0 unspecified atom stereocenters. The van der Waals surface area contributed by atoms with E-state index in [1.165, 1.54) is 25.3 Å². The summed E-state index contributed by atoms with van der Waals surface area (Å²) in [5.74, 6) is 0.774. The van der Waals surface area contributed by atoms with E-state index in [0.717, 1.165) is 5.88 Å². The van der Waals surface area contributed by atoms with Crippen molar-refractivity contribution in [2.75, 3.05) is 12.9 Å². The van der Waals surface area contributed by atoms with Crippen LogP contribution in [0.2, 0.25) is 0 Å². The summed E-state index contributed by atoms with van der Waals surface area (Å²) in [6.45, 7) is 3.97. The second-order valence-corrected chi connectivity index (χ2v) is 2.89. The molecule has 0 aliphatic heterocycles. The summed E-state index contributed by atoms with van der Waals surface area (Å²) in [5.41, 5.74) is 0. The minimum Gasteiger partial charge on any atom is -0.356 e. The van der Waals surface area contributed by atoms with Crippen LogP contribution in [0.3, 0.4) is 0 Å². The highest BCUT2D eigenvalue weighted by Gasteiger charge is 1.81. The van der Waals surface area contributed by atoms with E-state index in [9.17, 15) is 4.79 Å². The number of hydrogen-bond donors (Lipinski definition) is 1. The predicted molar refractivity (Wildman–Crippen MR) is 59.1 cm³/mol. The van der Waals surface area contributed by atoms with Crippen molar-refractivity contribution in [3.8, 4) is 0 Å². The Balaban J connectivity index is 0. The third kappa shape index (κ3) is 18.5. The average Bonchev–Trinajstić information content (AvgIpc) is 2.16. The Morgan fingerprint density at radius 1 is 1.46 bits per heavy atom. The van der Waals surface area contributed by atoms with E-state index in [-0.39, 0.29) is 5.91 Å². The smallest absolute Gasteiger partial charge is 0.243 e. The van der Waals surface area contributed by atoms with Gasteiger partial charge in [-0.15, -0.1) is 11.6 Å². The van der Waals surface area contributed by atoms with Gasteiger partial charge in [0.2, 0.25) is 5.91 Å². The van der Waals surface area contributed by atoms with Crippen molar-refractivity contribution in [1.82, 2.24) is 5.32 Å². The molecular formula is C10H20ClNO. The van der Waals surface area contributed by atoms with Crippen LogP contribution in [0.5, 0.6) is 0 Å². The molecular weight excluding hydrogens is 186 g/mol. The Morgan fingerprint density at radius 2 is 2.08 bits per heavy atom. The van der Waals surface area contributed by atoms with Crippen LogP contribution in [0.15, 0.2) is 12.2 Å². The lowest BCUT2D eigenvalue weighted by Gasteiger charge is -1.84. The van der Waals surface area contributed by atoms with Gasteiger partial charge in [0, 0.05) is 12.9 Å². The van der Waals surface area contributed by atoms with Gasteiger partial charge in [0.1, 0.15) is 0 Å². The first-order valence-electron chi connectivity index (χ1n) is 4.63. The van der Waals surface area contributed by atoms with E-state index >= 15 is 0 Å². The van der Waals surface area contributed by atoms with Gasteiger partial charge in [-0.25, -0.2) is 0 Å². The fourth-order valence-electron chi connectivity index (χ4n) is 0.579. The van der Waals surface area contributed by atoms with Gasteiger partial charge in [-0.3, -0.25) is 4.79 Å². The van der Waals surface area contributed by atoms with Crippen LogP contribution in [0, 0.1) is 0 Å². The minimum atomic E-state index is -0.0532. The Morgan fingerprint density at radius 3 is 2.23 bits per heavy atom. The third-order valence-corrected chi connectivity index (χ3v) is 1.57. The van der Waals surface area contributed by atoms with Crippen molar-refractivity contribution in [2.45, 2.75) is 33.1 Å². The zero-order chi connectivity index (χ0) is 10.5. The van der Waals surface area contributed by atoms with Crippen molar-refractivity contribution in [1.29, 1.82) is 0 Å². The molecule has 78 valence electrons. The quantitative estimate of drug-likeness (QED) is 0.427. The maximum atomic E-state index is 10.2. The number of likely N-dealkylation sites (N-methyl/N-ethyl adjacent to an activating group) is 1. The van der Waals surface area contributed by atoms with Crippen LogP contribution >= 0.6 is 11.6 Å². The van der Waals surface area contributed by atoms with E-state index in [4.69, 9.17) is 11.6 Å². The van der Waals surface area contributed by atoms with E-state index in [1.54, 1.807) is 20.0 Å². The first-order valence-corrected chi connectivity index (χ1v) is 5.16. The summed E-state index contributed by atoms with van der Waals surface area (Å²) in [5, 5.41) is 2.44. The predicted octanol–water partition coefficient (Wildman–Crippen LogP) is 2.72. The molecule has 0 aromatic heterocycles. The maximum Gasteiger partial charge on any atom is 0.243 e.